The maximum Gasteiger partial charge on any atom is 0.223 e. The second-order valence-electron chi connectivity index (χ2n) is 7.51. The van der Waals surface area contributed by atoms with Crippen LogP contribution >= 0.6 is 0 Å². The van der Waals surface area contributed by atoms with Gasteiger partial charge in [-0.25, -0.2) is 4.98 Å². The summed E-state index contributed by atoms with van der Waals surface area (Å²) >= 11 is 0. The number of H-pyrrole nitrogens is 1. The Bertz CT molecular complexity index is 783. The first-order chi connectivity index (χ1) is 13.1. The van der Waals surface area contributed by atoms with Crippen molar-refractivity contribution in [3.63, 3.8) is 0 Å². The molecule has 1 heterocycles. The molecule has 2 aliphatic carbocycles. The second kappa shape index (κ2) is 9.02. The molecule has 4 heteroatoms. The van der Waals surface area contributed by atoms with Gasteiger partial charge in [0, 0.05) is 26.8 Å². The van der Waals surface area contributed by atoms with Crippen molar-refractivity contribution < 1.29 is 1.37 Å². The summed E-state index contributed by atoms with van der Waals surface area (Å²) < 4.78 is 7.60. The minimum absolute atomic E-state index is 0.386. The number of hydrogen-bond donors (Lipinski definition) is 1. The largest absolute Gasteiger partial charge is 0.361 e. The first-order valence-electron chi connectivity index (χ1n) is 10.4. The van der Waals surface area contributed by atoms with Gasteiger partial charge in [-0.2, -0.15) is 0 Å². The molecule has 0 radical (unpaired) electrons. The molecular formula is C22H32N4. The predicted molar refractivity (Wildman–Crippen MR) is 108 cm³/mol. The van der Waals surface area contributed by atoms with Crippen molar-refractivity contribution in [1.29, 1.82) is 0 Å². The molecule has 2 aliphatic rings. The summed E-state index contributed by atoms with van der Waals surface area (Å²) in [5.41, 5.74) is 3.83. The smallest absolute Gasteiger partial charge is 0.223 e. The van der Waals surface area contributed by atoms with Crippen LogP contribution in [-0.2, 0) is 12.8 Å². The van der Waals surface area contributed by atoms with E-state index in [0.29, 0.717) is 11.7 Å². The normalized spacial score (nSPS) is 22.4. The van der Waals surface area contributed by atoms with Crippen molar-refractivity contribution in [3.8, 4) is 0 Å². The summed E-state index contributed by atoms with van der Waals surface area (Å²) in [5, 5.41) is 0. The number of aromatic amines is 1. The Labute approximate surface area is 158 Å². The minimum Gasteiger partial charge on any atom is -0.361 e. The number of anilines is 1. The average Bonchev–Trinajstić information content (AvgIpc) is 2.82. The fourth-order valence-electron chi connectivity index (χ4n) is 4.16. The number of nitrogens with zero attached hydrogens (tertiary/aromatic N) is 3. The zero-order chi connectivity index (χ0) is 19.2. The van der Waals surface area contributed by atoms with Crippen molar-refractivity contribution in [2.45, 2.75) is 45.4 Å². The Balaban J connectivity index is 0.000000157. The van der Waals surface area contributed by atoms with Gasteiger partial charge in [0.2, 0.25) is 5.62 Å². The maximum absolute atomic E-state index is 7.60. The highest BCUT2D eigenvalue weighted by molar-refractivity contribution is 5.34. The third-order valence-electron chi connectivity index (χ3n) is 5.71. The van der Waals surface area contributed by atoms with Crippen LogP contribution in [0.1, 0.15) is 45.1 Å². The lowest BCUT2D eigenvalue weighted by molar-refractivity contribution is 0.275. The van der Waals surface area contributed by atoms with E-state index >= 15 is 0 Å². The fraction of sp³-hybridized carbons (Fsp3) is 0.545. The van der Waals surface area contributed by atoms with Crippen LogP contribution in [0.3, 0.4) is 0 Å². The van der Waals surface area contributed by atoms with Crippen molar-refractivity contribution >= 4 is 5.82 Å². The van der Waals surface area contributed by atoms with Gasteiger partial charge >= 0.3 is 0 Å². The Morgan fingerprint density at radius 1 is 1.23 bits per heavy atom. The van der Waals surface area contributed by atoms with E-state index in [0.717, 1.165) is 24.2 Å². The second-order valence-corrected chi connectivity index (χ2v) is 7.51. The summed E-state index contributed by atoms with van der Waals surface area (Å²) in [7, 11) is 3.58. The number of fused-ring (bicyclic) bond motifs is 3. The molecule has 4 rings (SSSR count). The summed E-state index contributed by atoms with van der Waals surface area (Å²) in [5.74, 6) is 2.74. The van der Waals surface area contributed by atoms with Gasteiger partial charge in [-0.3, -0.25) is 4.99 Å². The topological polar surface area (TPSA) is 44.3 Å². The molecule has 2 bridgehead atoms. The highest BCUT2D eigenvalue weighted by Crippen LogP contribution is 2.37. The zero-order valence-corrected chi connectivity index (χ0v) is 16.3. The summed E-state index contributed by atoms with van der Waals surface area (Å²) in [4.78, 5) is 12.8. The molecule has 0 saturated heterocycles. The summed E-state index contributed by atoms with van der Waals surface area (Å²) in [6.45, 7) is 2.87. The molecule has 140 valence electrons. The highest BCUT2D eigenvalue weighted by atomic mass is 15.2. The van der Waals surface area contributed by atoms with Gasteiger partial charge < -0.3 is 9.88 Å². The van der Waals surface area contributed by atoms with Gasteiger partial charge in [0.25, 0.3) is 0 Å². The summed E-state index contributed by atoms with van der Waals surface area (Å²) in [6, 6.07) is 9.48. The minimum atomic E-state index is 0.386. The number of benzene rings is 1. The fourth-order valence-corrected chi connectivity index (χ4v) is 4.16. The van der Waals surface area contributed by atoms with E-state index in [9.17, 15) is 0 Å². The lowest BCUT2D eigenvalue weighted by Crippen LogP contribution is -2.22. The van der Waals surface area contributed by atoms with Crippen LogP contribution in [0.5, 0.6) is 0 Å². The molecule has 1 saturated carbocycles. The molecule has 0 amide bonds. The van der Waals surface area contributed by atoms with Crippen LogP contribution in [0.2, 0.25) is 0 Å². The molecule has 4 nitrogen and oxygen atoms in total. The van der Waals surface area contributed by atoms with Crippen molar-refractivity contribution in [1.82, 2.24) is 9.97 Å². The molecule has 0 spiro atoms. The van der Waals surface area contributed by atoms with Gasteiger partial charge in [0.05, 0.1) is 1.37 Å². The van der Waals surface area contributed by atoms with Crippen molar-refractivity contribution in [2.75, 3.05) is 25.5 Å². The summed E-state index contributed by atoms with van der Waals surface area (Å²) in [6.07, 6.45) is 10.1. The zero-order valence-electron chi connectivity index (χ0n) is 17.3. The van der Waals surface area contributed by atoms with Gasteiger partial charge in [0.1, 0.15) is 5.82 Å². The van der Waals surface area contributed by atoms with Crippen molar-refractivity contribution in [3.05, 3.63) is 53.2 Å². The van der Waals surface area contributed by atoms with Crippen LogP contribution in [0.25, 0.3) is 0 Å². The molecule has 1 N–H and O–H groups in total. The quantitative estimate of drug-likeness (QED) is 0.887. The Kier molecular flexibility index (Phi) is 6.01. The van der Waals surface area contributed by atoms with E-state index in [2.05, 4.69) is 39.2 Å². The third-order valence-corrected chi connectivity index (χ3v) is 5.71. The molecule has 2 unspecified atom stereocenters. The SMILES string of the molecule is [2H]c1cnc(=NC)[nH]c1N(C)CC.c1ccc2c(c1)CC1CCCC(C2)C1. The first kappa shape index (κ1) is 17.3. The van der Waals surface area contributed by atoms with Crippen LogP contribution in [0.15, 0.2) is 41.5 Å². The van der Waals surface area contributed by atoms with Crippen molar-refractivity contribution in [2.24, 2.45) is 16.8 Å². The lowest BCUT2D eigenvalue weighted by atomic mass is 9.80. The van der Waals surface area contributed by atoms with Gasteiger partial charge in [-0.1, -0.05) is 43.5 Å². The number of nitrogens with one attached hydrogen (secondary N) is 1. The Morgan fingerprint density at radius 2 is 1.88 bits per heavy atom. The van der Waals surface area contributed by atoms with E-state index in [1.165, 1.54) is 44.7 Å². The van der Waals surface area contributed by atoms with E-state index in [1.54, 1.807) is 18.2 Å². The standard InChI is InChI=1S/C14H18.C8H14N4/c1-2-7-14-10-12-5-3-4-11(8-12)9-13(14)6-1;1-4-12(3)7-5-6-10-8(9-2)11-7/h1-2,6-7,11-12H,3-5,8-10H2;5-6H,4H2,1-3H3,(H,9,10,11)/i;5D. The maximum atomic E-state index is 7.60. The molecular weight excluding hydrogens is 320 g/mol. The van der Waals surface area contributed by atoms with E-state index in [1.807, 2.05) is 18.9 Å². The molecule has 26 heavy (non-hydrogen) atoms. The monoisotopic (exact) mass is 353 g/mol. The van der Waals surface area contributed by atoms with Crippen LogP contribution in [0, 0.1) is 11.8 Å². The predicted octanol–water partition coefficient (Wildman–Crippen LogP) is 3.99. The molecule has 2 atom stereocenters. The average molecular weight is 354 g/mol. The number of rotatable bonds is 2. The molecule has 2 aromatic rings. The molecule has 1 aromatic heterocycles. The van der Waals surface area contributed by atoms with Gasteiger partial charge in [0.15, 0.2) is 0 Å². The van der Waals surface area contributed by atoms with Gasteiger partial charge in [-0.15, -0.1) is 0 Å². The first-order valence-corrected chi connectivity index (χ1v) is 9.87. The molecule has 1 aromatic carbocycles. The molecule has 0 aliphatic heterocycles. The van der Waals surface area contributed by atoms with Crippen LogP contribution < -0.4 is 10.5 Å². The van der Waals surface area contributed by atoms with Crippen LogP contribution in [-0.4, -0.2) is 30.6 Å². The number of aromatic nitrogens is 2. The van der Waals surface area contributed by atoms with Crippen LogP contribution in [0.4, 0.5) is 5.82 Å². The van der Waals surface area contributed by atoms with E-state index < -0.39 is 0 Å². The van der Waals surface area contributed by atoms with E-state index in [4.69, 9.17) is 1.37 Å². The third kappa shape index (κ3) is 4.75. The Morgan fingerprint density at radius 3 is 2.46 bits per heavy atom. The van der Waals surface area contributed by atoms with Gasteiger partial charge in [-0.05, 0) is 55.2 Å². The van der Waals surface area contributed by atoms with E-state index in [-0.39, 0.29) is 0 Å². The number of hydrogen-bond acceptors (Lipinski definition) is 3. The molecule has 1 fully saturated rings. The lowest BCUT2D eigenvalue weighted by Gasteiger charge is -2.25. The highest BCUT2D eigenvalue weighted by Gasteiger charge is 2.26. The Hall–Kier alpha value is -2.10.